The van der Waals surface area contributed by atoms with Crippen molar-refractivity contribution in [3.63, 3.8) is 0 Å². The fraction of sp³-hybridized carbons (Fsp3) is 0.529. The van der Waals surface area contributed by atoms with Crippen LogP contribution in [0.25, 0.3) is 0 Å². The molecule has 1 unspecified atom stereocenters. The predicted molar refractivity (Wildman–Crippen MR) is 80.7 cm³/mol. The molecule has 2 aliphatic rings. The number of hydrogen-bond donors (Lipinski definition) is 1. The minimum absolute atomic E-state index is 0.0375. The van der Waals surface area contributed by atoms with Crippen molar-refractivity contribution in [1.29, 1.82) is 0 Å². The first-order chi connectivity index (χ1) is 10.5. The van der Waals surface area contributed by atoms with Gasteiger partial charge in [0.2, 0.25) is 11.8 Å². The van der Waals surface area contributed by atoms with Crippen LogP contribution in [-0.2, 0) is 22.6 Å². The lowest BCUT2D eigenvalue weighted by Crippen LogP contribution is -2.44. The number of fused-ring (bicyclic) bond motifs is 1. The molecule has 1 fully saturated rings. The lowest BCUT2D eigenvalue weighted by molar-refractivity contribution is -0.133. The first-order valence-corrected chi connectivity index (χ1v) is 7.88. The minimum Gasteiger partial charge on any atom is -0.353 e. The van der Waals surface area contributed by atoms with E-state index < -0.39 is 0 Å². The van der Waals surface area contributed by atoms with E-state index in [4.69, 9.17) is 0 Å². The first-order valence-electron chi connectivity index (χ1n) is 7.88. The third kappa shape index (κ3) is 3.13. The zero-order valence-corrected chi connectivity index (χ0v) is 12.8. The number of amides is 2. The van der Waals surface area contributed by atoms with Crippen molar-refractivity contribution in [3.8, 4) is 0 Å². The van der Waals surface area contributed by atoms with Gasteiger partial charge in [-0.1, -0.05) is 0 Å². The van der Waals surface area contributed by atoms with Crippen molar-refractivity contribution in [2.75, 3.05) is 6.54 Å². The summed E-state index contributed by atoms with van der Waals surface area (Å²) in [4.78, 5) is 25.7. The maximum absolute atomic E-state index is 13.4. The van der Waals surface area contributed by atoms with E-state index in [9.17, 15) is 14.0 Å². The van der Waals surface area contributed by atoms with Gasteiger partial charge in [0.05, 0.1) is 0 Å². The number of benzene rings is 1. The van der Waals surface area contributed by atoms with Crippen LogP contribution in [0.5, 0.6) is 0 Å². The van der Waals surface area contributed by atoms with E-state index >= 15 is 0 Å². The van der Waals surface area contributed by atoms with Gasteiger partial charge in [-0.25, -0.2) is 4.39 Å². The molecule has 2 heterocycles. The second kappa shape index (κ2) is 6.07. The molecule has 1 atom stereocenters. The van der Waals surface area contributed by atoms with Crippen molar-refractivity contribution in [2.24, 2.45) is 0 Å². The number of aryl methyl sites for hydroxylation is 1. The van der Waals surface area contributed by atoms with Gasteiger partial charge in [0, 0.05) is 32.0 Å². The summed E-state index contributed by atoms with van der Waals surface area (Å²) >= 11 is 0. The Morgan fingerprint density at radius 3 is 3.00 bits per heavy atom. The van der Waals surface area contributed by atoms with E-state index in [2.05, 4.69) is 5.32 Å². The monoisotopic (exact) mass is 304 g/mol. The summed E-state index contributed by atoms with van der Waals surface area (Å²) in [5, 5.41) is 2.89. The Morgan fingerprint density at radius 2 is 2.23 bits per heavy atom. The summed E-state index contributed by atoms with van der Waals surface area (Å²) in [5.41, 5.74) is 2.97. The quantitative estimate of drug-likeness (QED) is 0.909. The topological polar surface area (TPSA) is 49.4 Å². The number of rotatable bonds is 2. The third-order valence-electron chi connectivity index (χ3n) is 4.63. The molecule has 22 heavy (non-hydrogen) atoms. The molecule has 4 nitrogen and oxygen atoms in total. The van der Waals surface area contributed by atoms with Crippen molar-refractivity contribution in [2.45, 2.75) is 51.6 Å². The smallest absolute Gasteiger partial charge is 0.224 e. The van der Waals surface area contributed by atoms with Gasteiger partial charge in [-0.3, -0.25) is 9.59 Å². The van der Waals surface area contributed by atoms with E-state index in [0.717, 1.165) is 29.5 Å². The molecule has 3 rings (SSSR count). The number of carbonyl (C=O) groups is 2. The number of piperidine rings is 1. The van der Waals surface area contributed by atoms with E-state index in [1.807, 2.05) is 11.8 Å². The Labute approximate surface area is 129 Å². The van der Waals surface area contributed by atoms with Crippen LogP contribution in [0.3, 0.4) is 0 Å². The Bertz CT molecular complexity index is 615. The van der Waals surface area contributed by atoms with Gasteiger partial charge in [-0.05, 0) is 55.0 Å². The second-order valence-electron chi connectivity index (χ2n) is 6.29. The number of carbonyl (C=O) groups excluding carboxylic acids is 2. The lowest BCUT2D eigenvalue weighted by Gasteiger charge is -2.32. The van der Waals surface area contributed by atoms with Gasteiger partial charge in [0.1, 0.15) is 5.82 Å². The van der Waals surface area contributed by atoms with Crippen LogP contribution in [0, 0.1) is 12.7 Å². The number of nitrogens with one attached hydrogen (secondary N) is 1. The summed E-state index contributed by atoms with van der Waals surface area (Å²) in [5.74, 6) is -0.0955. The maximum atomic E-state index is 13.4. The highest BCUT2D eigenvalue weighted by molar-refractivity contribution is 5.80. The molecule has 2 amide bonds. The summed E-state index contributed by atoms with van der Waals surface area (Å²) in [6.45, 7) is 3.05. The maximum Gasteiger partial charge on any atom is 0.224 e. The number of halogens is 1. The molecule has 5 heteroatoms. The zero-order chi connectivity index (χ0) is 15.7. The summed E-state index contributed by atoms with van der Waals surface area (Å²) in [6, 6.07) is 3.06. The molecule has 118 valence electrons. The second-order valence-corrected chi connectivity index (χ2v) is 6.29. The SMILES string of the molecule is Cc1cc(F)cc2c1CN(C(=O)CC1CCCC(=O)N1)CC2. The molecule has 0 saturated carbocycles. The standard InChI is InChI=1S/C17H21FN2O2/c1-11-7-13(18)8-12-5-6-20(10-15(11)12)17(22)9-14-3-2-4-16(21)19-14/h7-8,14H,2-6,9-10H2,1H3,(H,19,21). The van der Waals surface area contributed by atoms with Crippen LogP contribution < -0.4 is 5.32 Å². The van der Waals surface area contributed by atoms with Gasteiger partial charge >= 0.3 is 0 Å². The van der Waals surface area contributed by atoms with Crippen LogP contribution in [0.4, 0.5) is 4.39 Å². The molecule has 1 aromatic carbocycles. The highest BCUT2D eigenvalue weighted by atomic mass is 19.1. The Balaban J connectivity index is 1.66. The first kappa shape index (κ1) is 15.0. The Morgan fingerprint density at radius 1 is 1.41 bits per heavy atom. The predicted octanol–water partition coefficient (Wildman–Crippen LogP) is 2.08. The van der Waals surface area contributed by atoms with Gasteiger partial charge in [0.15, 0.2) is 0 Å². The van der Waals surface area contributed by atoms with E-state index in [1.54, 1.807) is 6.07 Å². The van der Waals surface area contributed by atoms with Crippen molar-refractivity contribution >= 4 is 11.8 Å². The van der Waals surface area contributed by atoms with Crippen LogP contribution in [0.1, 0.15) is 42.4 Å². The molecular formula is C17H21FN2O2. The van der Waals surface area contributed by atoms with Gasteiger partial charge in [0.25, 0.3) is 0 Å². The molecule has 1 saturated heterocycles. The average Bonchev–Trinajstić information content (AvgIpc) is 2.46. The summed E-state index contributed by atoms with van der Waals surface area (Å²) < 4.78 is 13.4. The average molecular weight is 304 g/mol. The summed E-state index contributed by atoms with van der Waals surface area (Å²) in [6.07, 6.45) is 3.34. The molecular weight excluding hydrogens is 283 g/mol. The highest BCUT2D eigenvalue weighted by Crippen LogP contribution is 2.24. The van der Waals surface area contributed by atoms with Crippen LogP contribution in [0.2, 0.25) is 0 Å². The van der Waals surface area contributed by atoms with Crippen LogP contribution in [0.15, 0.2) is 12.1 Å². The minimum atomic E-state index is -0.207. The van der Waals surface area contributed by atoms with Crippen LogP contribution >= 0.6 is 0 Å². The van der Waals surface area contributed by atoms with Gasteiger partial charge < -0.3 is 10.2 Å². The van der Waals surface area contributed by atoms with Gasteiger partial charge in [-0.2, -0.15) is 0 Å². The molecule has 0 radical (unpaired) electrons. The Hall–Kier alpha value is -1.91. The fourth-order valence-corrected chi connectivity index (χ4v) is 3.40. The highest BCUT2D eigenvalue weighted by Gasteiger charge is 2.26. The molecule has 0 aromatic heterocycles. The normalized spacial score (nSPS) is 21.3. The van der Waals surface area contributed by atoms with Crippen molar-refractivity contribution in [1.82, 2.24) is 10.2 Å². The van der Waals surface area contributed by atoms with E-state index in [0.29, 0.717) is 32.4 Å². The molecule has 2 aliphatic heterocycles. The van der Waals surface area contributed by atoms with Crippen LogP contribution in [-0.4, -0.2) is 29.3 Å². The molecule has 1 aromatic rings. The van der Waals surface area contributed by atoms with Crippen molar-refractivity contribution in [3.05, 3.63) is 34.6 Å². The zero-order valence-electron chi connectivity index (χ0n) is 12.8. The molecule has 0 aliphatic carbocycles. The number of nitrogens with zero attached hydrogens (tertiary/aromatic N) is 1. The van der Waals surface area contributed by atoms with Gasteiger partial charge in [-0.15, -0.1) is 0 Å². The van der Waals surface area contributed by atoms with E-state index in [1.165, 1.54) is 6.07 Å². The number of hydrogen-bond acceptors (Lipinski definition) is 2. The molecule has 0 bridgehead atoms. The molecule has 0 spiro atoms. The lowest BCUT2D eigenvalue weighted by atomic mass is 9.94. The van der Waals surface area contributed by atoms with Crippen molar-refractivity contribution < 1.29 is 14.0 Å². The third-order valence-corrected chi connectivity index (χ3v) is 4.63. The fourth-order valence-electron chi connectivity index (χ4n) is 3.40. The summed E-state index contributed by atoms with van der Waals surface area (Å²) in [7, 11) is 0. The Kier molecular flexibility index (Phi) is 4.14. The largest absolute Gasteiger partial charge is 0.353 e. The van der Waals surface area contributed by atoms with E-state index in [-0.39, 0.29) is 23.7 Å². The molecule has 1 N–H and O–H groups in total.